The molecular formula is C18H21ClN4OS. The zero-order valence-corrected chi connectivity index (χ0v) is 15.3. The zero-order valence-electron chi connectivity index (χ0n) is 13.7. The minimum atomic E-state index is -0.356. The van der Waals surface area contributed by atoms with Gasteiger partial charge >= 0.3 is 0 Å². The van der Waals surface area contributed by atoms with Crippen molar-refractivity contribution in [2.24, 2.45) is 5.73 Å². The highest BCUT2D eigenvalue weighted by molar-refractivity contribution is 7.80. The van der Waals surface area contributed by atoms with Crippen molar-refractivity contribution in [3.63, 3.8) is 0 Å². The van der Waals surface area contributed by atoms with Crippen LogP contribution < -0.4 is 16.4 Å². The predicted molar refractivity (Wildman–Crippen MR) is 105 cm³/mol. The molecule has 0 saturated carbocycles. The summed E-state index contributed by atoms with van der Waals surface area (Å²) in [5.74, 6) is -0.217. The molecule has 1 aliphatic heterocycles. The first-order valence-electron chi connectivity index (χ1n) is 8.33. The number of aromatic amines is 1. The number of nitrogens with two attached hydrogens (primary N) is 1. The van der Waals surface area contributed by atoms with Crippen molar-refractivity contribution < 1.29 is 4.79 Å². The molecule has 0 aliphatic carbocycles. The van der Waals surface area contributed by atoms with Crippen molar-refractivity contribution in [3.8, 4) is 11.3 Å². The largest absolute Gasteiger partial charge is 0.392 e. The predicted octanol–water partition coefficient (Wildman–Crippen LogP) is 2.86. The molecule has 1 amide bonds. The number of benzene rings is 1. The summed E-state index contributed by atoms with van der Waals surface area (Å²) in [6, 6.07) is 10.8. The van der Waals surface area contributed by atoms with Crippen molar-refractivity contribution in [1.82, 2.24) is 15.6 Å². The minimum absolute atomic E-state index is 0.0842. The third-order valence-electron chi connectivity index (χ3n) is 4.43. The molecule has 2 heterocycles. The van der Waals surface area contributed by atoms with Gasteiger partial charge in [0.25, 0.3) is 5.91 Å². The van der Waals surface area contributed by atoms with Gasteiger partial charge < -0.3 is 21.4 Å². The van der Waals surface area contributed by atoms with E-state index in [-0.39, 0.29) is 18.0 Å². The summed E-state index contributed by atoms with van der Waals surface area (Å²) in [7, 11) is 0. The molecule has 7 heteroatoms. The van der Waals surface area contributed by atoms with Gasteiger partial charge in [-0.2, -0.15) is 0 Å². The van der Waals surface area contributed by atoms with E-state index in [1.165, 1.54) is 0 Å². The van der Waals surface area contributed by atoms with Crippen LogP contribution in [0, 0.1) is 0 Å². The summed E-state index contributed by atoms with van der Waals surface area (Å²) >= 11 is 11.1. The van der Waals surface area contributed by atoms with E-state index in [1.54, 1.807) is 6.07 Å². The highest BCUT2D eigenvalue weighted by Crippen LogP contribution is 2.21. The lowest BCUT2D eigenvalue weighted by atomic mass is 9.97. The number of hydrogen-bond acceptors (Lipinski definition) is 3. The van der Waals surface area contributed by atoms with Crippen LogP contribution in [0.25, 0.3) is 11.3 Å². The fraction of sp³-hybridized carbons (Fsp3) is 0.333. The van der Waals surface area contributed by atoms with Gasteiger partial charge in [-0.1, -0.05) is 42.4 Å². The van der Waals surface area contributed by atoms with E-state index in [9.17, 15) is 4.79 Å². The first kappa shape index (κ1) is 17.9. The Hall–Kier alpha value is -1.89. The Morgan fingerprint density at radius 2 is 2.00 bits per heavy atom. The first-order valence-corrected chi connectivity index (χ1v) is 9.12. The van der Waals surface area contributed by atoms with E-state index in [4.69, 9.17) is 29.6 Å². The lowest BCUT2D eigenvalue weighted by molar-refractivity contribution is 0.0933. The number of thiocarbonyl (C=S) groups is 1. The zero-order chi connectivity index (χ0) is 17.8. The van der Waals surface area contributed by atoms with Crippen LogP contribution >= 0.6 is 23.8 Å². The average Bonchev–Trinajstić information content (AvgIpc) is 3.11. The van der Waals surface area contributed by atoms with Gasteiger partial charge in [-0.25, -0.2) is 0 Å². The highest BCUT2D eigenvalue weighted by Gasteiger charge is 2.27. The van der Waals surface area contributed by atoms with Crippen LogP contribution in [0.15, 0.2) is 36.4 Å². The molecule has 1 fully saturated rings. The lowest BCUT2D eigenvalue weighted by Crippen LogP contribution is -2.57. The van der Waals surface area contributed by atoms with Gasteiger partial charge in [0, 0.05) is 16.8 Å². The maximum Gasteiger partial charge on any atom is 0.268 e. The van der Waals surface area contributed by atoms with Gasteiger partial charge in [0.1, 0.15) is 5.69 Å². The fourth-order valence-electron chi connectivity index (χ4n) is 3.08. The Balaban J connectivity index is 1.71. The summed E-state index contributed by atoms with van der Waals surface area (Å²) in [5, 5.41) is 7.02. The molecule has 5 nitrogen and oxygen atoms in total. The number of aromatic nitrogens is 1. The van der Waals surface area contributed by atoms with Crippen LogP contribution in [0.5, 0.6) is 0 Å². The van der Waals surface area contributed by atoms with Gasteiger partial charge in [0.05, 0.1) is 11.0 Å². The van der Waals surface area contributed by atoms with Gasteiger partial charge in [-0.3, -0.25) is 4.79 Å². The van der Waals surface area contributed by atoms with Gasteiger partial charge in [-0.05, 0) is 49.2 Å². The highest BCUT2D eigenvalue weighted by atomic mass is 35.5. The summed E-state index contributed by atoms with van der Waals surface area (Å²) in [6.07, 6.45) is 3.19. The quantitative estimate of drug-likeness (QED) is 0.605. The Morgan fingerprint density at radius 3 is 2.64 bits per heavy atom. The molecule has 3 rings (SSSR count). The van der Waals surface area contributed by atoms with E-state index >= 15 is 0 Å². The number of hydrogen-bond donors (Lipinski definition) is 4. The third-order valence-corrected chi connectivity index (χ3v) is 4.94. The van der Waals surface area contributed by atoms with Crippen molar-refractivity contribution >= 4 is 34.7 Å². The molecule has 25 heavy (non-hydrogen) atoms. The van der Waals surface area contributed by atoms with E-state index < -0.39 is 0 Å². The maximum absolute atomic E-state index is 12.6. The van der Waals surface area contributed by atoms with Crippen molar-refractivity contribution in [1.29, 1.82) is 0 Å². The normalized spacial score (nSPS) is 18.5. The summed E-state index contributed by atoms with van der Waals surface area (Å²) in [4.78, 5) is 16.0. The van der Waals surface area contributed by atoms with Crippen LogP contribution in [-0.4, -0.2) is 34.5 Å². The number of carbonyl (C=O) groups excluding carboxylic acids is 1. The van der Waals surface area contributed by atoms with Gasteiger partial charge in [-0.15, -0.1) is 0 Å². The van der Waals surface area contributed by atoms with Crippen LogP contribution in [0.3, 0.4) is 0 Å². The third kappa shape index (κ3) is 4.39. The van der Waals surface area contributed by atoms with Crippen LogP contribution in [-0.2, 0) is 0 Å². The molecule has 1 aromatic carbocycles. The molecule has 2 atom stereocenters. The fourth-order valence-corrected chi connectivity index (χ4v) is 3.43. The monoisotopic (exact) mass is 376 g/mol. The number of amides is 1. The average molecular weight is 377 g/mol. The summed E-state index contributed by atoms with van der Waals surface area (Å²) in [6.45, 7) is 0.920. The molecule has 1 saturated heterocycles. The lowest BCUT2D eigenvalue weighted by Gasteiger charge is -2.31. The van der Waals surface area contributed by atoms with Crippen molar-refractivity contribution in [2.45, 2.75) is 31.3 Å². The van der Waals surface area contributed by atoms with Crippen molar-refractivity contribution in [3.05, 3.63) is 47.1 Å². The molecule has 0 bridgehead atoms. The minimum Gasteiger partial charge on any atom is -0.392 e. The molecule has 5 N–H and O–H groups in total. The van der Waals surface area contributed by atoms with E-state index in [0.29, 0.717) is 15.7 Å². The number of H-pyrrole nitrogens is 1. The van der Waals surface area contributed by atoms with Gasteiger partial charge in [0.15, 0.2) is 0 Å². The van der Waals surface area contributed by atoms with E-state index in [1.807, 2.05) is 30.3 Å². The van der Waals surface area contributed by atoms with Crippen LogP contribution in [0.1, 0.15) is 29.8 Å². The second-order valence-electron chi connectivity index (χ2n) is 6.20. The summed E-state index contributed by atoms with van der Waals surface area (Å²) in [5.41, 5.74) is 8.15. The molecule has 2 unspecified atom stereocenters. The Labute approximate surface area is 157 Å². The smallest absolute Gasteiger partial charge is 0.268 e. The SMILES string of the molecule is NC(=S)C(NC(=O)c1ccc(-c2ccc(Cl)cc2)[nH]1)C1CCCCN1. The Kier molecular flexibility index (Phi) is 5.73. The molecule has 0 spiro atoms. The molecule has 2 aromatic rings. The second-order valence-corrected chi connectivity index (χ2v) is 7.11. The number of nitrogens with one attached hydrogen (secondary N) is 3. The Morgan fingerprint density at radius 1 is 1.24 bits per heavy atom. The molecule has 0 radical (unpaired) electrons. The molecule has 132 valence electrons. The molecule has 1 aliphatic rings. The van der Waals surface area contributed by atoms with Crippen LogP contribution in [0.2, 0.25) is 5.02 Å². The van der Waals surface area contributed by atoms with Crippen molar-refractivity contribution in [2.75, 3.05) is 6.54 Å². The summed E-state index contributed by atoms with van der Waals surface area (Å²) < 4.78 is 0. The topological polar surface area (TPSA) is 82.9 Å². The standard InChI is InChI=1S/C18H21ClN4OS/c19-12-6-4-11(5-7-12)13-8-9-15(22-13)18(24)23-16(17(20)25)14-3-1-2-10-21-14/h4-9,14,16,21-22H,1-3,10H2,(H2,20,25)(H,23,24). The van der Waals surface area contributed by atoms with Crippen LogP contribution in [0.4, 0.5) is 0 Å². The second kappa shape index (κ2) is 7.99. The number of halogens is 1. The first-order chi connectivity index (χ1) is 12.0. The van der Waals surface area contributed by atoms with Gasteiger partial charge in [0.2, 0.25) is 0 Å². The molecule has 1 aromatic heterocycles. The Bertz CT molecular complexity index is 753. The number of carbonyl (C=O) groups is 1. The maximum atomic E-state index is 12.6. The van der Waals surface area contributed by atoms with E-state index in [0.717, 1.165) is 37.1 Å². The van der Waals surface area contributed by atoms with E-state index in [2.05, 4.69) is 15.6 Å². The molecular weight excluding hydrogens is 356 g/mol. The number of rotatable bonds is 5. The number of piperidine rings is 1.